The molecule has 0 fully saturated rings. The average Bonchev–Trinajstić information content (AvgIpc) is 2.14. The number of primary amides is 2. The second-order valence-corrected chi connectivity index (χ2v) is 3.30. The van der Waals surface area contributed by atoms with Crippen LogP contribution in [0.5, 0.6) is 0 Å². The molecule has 0 spiro atoms. The number of hydrogen-bond acceptors (Lipinski definition) is 4. The lowest BCUT2D eigenvalue weighted by atomic mass is 10.2. The highest BCUT2D eigenvalue weighted by Gasteiger charge is 2.24. The highest BCUT2D eigenvalue weighted by atomic mass is 16.4. The standard InChI is InChI=1S/C8H14N4O5/c1-3(11-8(10)17)6(14)12-4(7(15)16)2-5(9)13/h3-4H,2H2,1H3,(H2,9,13)(H,12,14)(H,15,16)(H3,10,11,17). The number of carboxylic acids is 1. The lowest BCUT2D eigenvalue weighted by molar-refractivity contribution is -0.143. The summed E-state index contributed by atoms with van der Waals surface area (Å²) in [4.78, 5) is 43.1. The Morgan fingerprint density at radius 3 is 2.06 bits per heavy atom. The molecular formula is C8H14N4O5. The minimum atomic E-state index is -1.43. The monoisotopic (exact) mass is 246 g/mol. The molecule has 0 aromatic heterocycles. The van der Waals surface area contributed by atoms with Gasteiger partial charge in [-0.15, -0.1) is 0 Å². The first kappa shape index (κ1) is 14.7. The largest absolute Gasteiger partial charge is 0.480 e. The zero-order chi connectivity index (χ0) is 13.6. The van der Waals surface area contributed by atoms with E-state index < -0.39 is 42.3 Å². The van der Waals surface area contributed by atoms with Gasteiger partial charge < -0.3 is 27.2 Å². The van der Waals surface area contributed by atoms with Crippen molar-refractivity contribution in [1.29, 1.82) is 0 Å². The third-order valence-electron chi connectivity index (χ3n) is 1.77. The third-order valence-corrected chi connectivity index (χ3v) is 1.77. The van der Waals surface area contributed by atoms with Gasteiger partial charge in [0, 0.05) is 0 Å². The van der Waals surface area contributed by atoms with Gasteiger partial charge in [-0.25, -0.2) is 9.59 Å². The summed E-state index contributed by atoms with van der Waals surface area (Å²) in [7, 11) is 0. The zero-order valence-electron chi connectivity index (χ0n) is 9.10. The molecule has 7 N–H and O–H groups in total. The van der Waals surface area contributed by atoms with Gasteiger partial charge in [-0.3, -0.25) is 9.59 Å². The maximum absolute atomic E-state index is 11.4. The molecular weight excluding hydrogens is 232 g/mol. The van der Waals surface area contributed by atoms with Crippen LogP contribution in [0.15, 0.2) is 0 Å². The molecule has 0 aliphatic rings. The summed E-state index contributed by atoms with van der Waals surface area (Å²) in [5.74, 6) is -3.05. The van der Waals surface area contributed by atoms with E-state index in [1.54, 1.807) is 0 Å². The minimum absolute atomic E-state index is 0.537. The van der Waals surface area contributed by atoms with E-state index in [-0.39, 0.29) is 0 Å². The molecule has 0 rings (SSSR count). The fourth-order valence-electron chi connectivity index (χ4n) is 0.977. The second kappa shape index (κ2) is 6.30. The highest BCUT2D eigenvalue weighted by Crippen LogP contribution is 1.93. The summed E-state index contributed by atoms with van der Waals surface area (Å²) in [6, 6.07) is -3.37. The SMILES string of the molecule is CC(NC(N)=O)C(=O)NC(CC(N)=O)C(=O)O. The Morgan fingerprint density at radius 2 is 1.71 bits per heavy atom. The summed E-state index contributed by atoms with van der Waals surface area (Å²) in [6.45, 7) is 1.31. The minimum Gasteiger partial charge on any atom is -0.480 e. The maximum Gasteiger partial charge on any atom is 0.326 e. The molecule has 2 unspecified atom stereocenters. The van der Waals surface area contributed by atoms with E-state index in [1.807, 2.05) is 5.32 Å². The van der Waals surface area contributed by atoms with Crippen LogP contribution >= 0.6 is 0 Å². The summed E-state index contributed by atoms with van der Waals surface area (Å²) in [5.41, 5.74) is 9.60. The van der Waals surface area contributed by atoms with Gasteiger partial charge >= 0.3 is 12.0 Å². The van der Waals surface area contributed by atoms with E-state index in [0.29, 0.717) is 0 Å². The quantitative estimate of drug-likeness (QED) is 0.348. The van der Waals surface area contributed by atoms with Crippen LogP contribution in [-0.2, 0) is 14.4 Å². The first-order valence-corrected chi connectivity index (χ1v) is 4.61. The lowest BCUT2D eigenvalue weighted by Gasteiger charge is -2.16. The fourth-order valence-corrected chi connectivity index (χ4v) is 0.977. The highest BCUT2D eigenvalue weighted by molar-refractivity contribution is 5.91. The number of carbonyl (C=O) groups is 4. The molecule has 0 aliphatic heterocycles. The van der Waals surface area contributed by atoms with Crippen molar-refractivity contribution in [3.05, 3.63) is 0 Å². The van der Waals surface area contributed by atoms with E-state index in [1.165, 1.54) is 6.92 Å². The third kappa shape index (κ3) is 5.97. The predicted octanol–water partition coefficient (Wildman–Crippen LogP) is -2.51. The van der Waals surface area contributed by atoms with Crippen molar-refractivity contribution in [2.24, 2.45) is 11.5 Å². The molecule has 0 radical (unpaired) electrons. The Morgan fingerprint density at radius 1 is 1.18 bits per heavy atom. The Hall–Kier alpha value is -2.32. The van der Waals surface area contributed by atoms with Crippen molar-refractivity contribution in [3.8, 4) is 0 Å². The van der Waals surface area contributed by atoms with Gasteiger partial charge in [0.25, 0.3) is 0 Å². The smallest absolute Gasteiger partial charge is 0.326 e. The molecule has 0 bridgehead atoms. The predicted molar refractivity (Wildman–Crippen MR) is 55.6 cm³/mol. The Bertz CT molecular complexity index is 343. The molecule has 17 heavy (non-hydrogen) atoms. The van der Waals surface area contributed by atoms with Gasteiger partial charge in [0.1, 0.15) is 12.1 Å². The van der Waals surface area contributed by atoms with Crippen molar-refractivity contribution in [3.63, 3.8) is 0 Å². The van der Waals surface area contributed by atoms with Gasteiger partial charge in [0.05, 0.1) is 6.42 Å². The number of urea groups is 1. The van der Waals surface area contributed by atoms with Gasteiger partial charge in [-0.1, -0.05) is 0 Å². The van der Waals surface area contributed by atoms with E-state index in [0.717, 1.165) is 0 Å². The van der Waals surface area contributed by atoms with Crippen molar-refractivity contribution < 1.29 is 24.3 Å². The number of hydrogen-bond donors (Lipinski definition) is 5. The van der Waals surface area contributed by atoms with E-state index >= 15 is 0 Å². The second-order valence-electron chi connectivity index (χ2n) is 3.30. The molecule has 0 aromatic carbocycles. The Kier molecular flexibility index (Phi) is 5.44. The summed E-state index contributed by atoms with van der Waals surface area (Å²) in [6.07, 6.45) is -0.537. The fraction of sp³-hybridized carbons (Fsp3) is 0.500. The molecule has 2 atom stereocenters. The van der Waals surface area contributed by atoms with Crippen LogP contribution in [0.2, 0.25) is 0 Å². The van der Waals surface area contributed by atoms with E-state index in [2.05, 4.69) is 5.32 Å². The number of aliphatic carboxylic acids is 1. The van der Waals surface area contributed by atoms with Crippen molar-refractivity contribution in [2.75, 3.05) is 0 Å². The van der Waals surface area contributed by atoms with Crippen molar-refractivity contribution >= 4 is 23.8 Å². The van der Waals surface area contributed by atoms with Crippen LogP contribution in [0.4, 0.5) is 4.79 Å². The first-order chi connectivity index (χ1) is 7.73. The number of nitrogens with one attached hydrogen (secondary N) is 2. The molecule has 0 aromatic rings. The number of carbonyl (C=O) groups excluding carboxylic acids is 3. The van der Waals surface area contributed by atoms with E-state index in [4.69, 9.17) is 16.6 Å². The molecule has 0 saturated carbocycles. The van der Waals surface area contributed by atoms with Crippen molar-refractivity contribution in [2.45, 2.75) is 25.4 Å². The van der Waals surface area contributed by atoms with E-state index in [9.17, 15) is 19.2 Å². The average molecular weight is 246 g/mol. The Labute approximate surface area is 96.5 Å². The number of rotatable bonds is 6. The zero-order valence-corrected chi connectivity index (χ0v) is 9.10. The molecule has 4 amide bonds. The molecule has 0 aliphatic carbocycles. The number of nitrogens with two attached hydrogens (primary N) is 2. The van der Waals surface area contributed by atoms with Crippen molar-refractivity contribution in [1.82, 2.24) is 10.6 Å². The topological polar surface area (TPSA) is 165 Å². The van der Waals surface area contributed by atoms with Crippen LogP contribution in [0.1, 0.15) is 13.3 Å². The van der Waals surface area contributed by atoms with Crippen LogP contribution in [0, 0.1) is 0 Å². The summed E-state index contributed by atoms with van der Waals surface area (Å²) in [5, 5.41) is 12.8. The van der Waals surface area contributed by atoms with Crippen LogP contribution in [0.3, 0.4) is 0 Å². The van der Waals surface area contributed by atoms with Crippen LogP contribution < -0.4 is 22.1 Å². The van der Waals surface area contributed by atoms with Crippen LogP contribution in [-0.4, -0.2) is 41.0 Å². The van der Waals surface area contributed by atoms with Crippen LogP contribution in [0.25, 0.3) is 0 Å². The summed E-state index contributed by atoms with van der Waals surface area (Å²) < 4.78 is 0. The molecule has 9 nitrogen and oxygen atoms in total. The number of amides is 4. The maximum atomic E-state index is 11.4. The summed E-state index contributed by atoms with van der Waals surface area (Å²) >= 11 is 0. The van der Waals surface area contributed by atoms with Gasteiger partial charge in [-0.2, -0.15) is 0 Å². The van der Waals surface area contributed by atoms with Gasteiger partial charge in [-0.05, 0) is 6.92 Å². The molecule has 96 valence electrons. The molecule has 0 saturated heterocycles. The molecule has 9 heteroatoms. The normalized spacial score (nSPS) is 13.2. The Balaban J connectivity index is 4.44. The lowest BCUT2D eigenvalue weighted by Crippen LogP contribution is -2.52. The van der Waals surface area contributed by atoms with Gasteiger partial charge in [0.15, 0.2) is 0 Å². The number of carboxylic acid groups (broad SMARTS) is 1. The van der Waals surface area contributed by atoms with Gasteiger partial charge in [0.2, 0.25) is 11.8 Å². The first-order valence-electron chi connectivity index (χ1n) is 4.61. The molecule has 0 heterocycles.